The monoisotopic (exact) mass is 404 g/mol. The Labute approximate surface area is 175 Å². The van der Waals surface area contributed by atoms with E-state index in [1.165, 1.54) is 17.5 Å². The summed E-state index contributed by atoms with van der Waals surface area (Å²) in [5.41, 5.74) is 3.62. The van der Waals surface area contributed by atoms with Gasteiger partial charge in [0, 0.05) is 30.9 Å². The highest BCUT2D eigenvalue weighted by atomic mass is 16.3. The minimum atomic E-state index is -0.243. The van der Waals surface area contributed by atoms with E-state index in [1.807, 2.05) is 12.1 Å². The topological polar surface area (TPSA) is 87.5 Å². The summed E-state index contributed by atoms with van der Waals surface area (Å²) >= 11 is 0. The van der Waals surface area contributed by atoms with Crippen molar-refractivity contribution in [3.63, 3.8) is 0 Å². The molecule has 1 atom stereocenters. The van der Waals surface area contributed by atoms with Gasteiger partial charge < -0.3 is 20.0 Å². The van der Waals surface area contributed by atoms with Gasteiger partial charge >= 0.3 is 0 Å². The van der Waals surface area contributed by atoms with E-state index >= 15 is 0 Å². The van der Waals surface area contributed by atoms with E-state index in [0.717, 1.165) is 6.42 Å². The van der Waals surface area contributed by atoms with Crippen LogP contribution in [0.5, 0.6) is 0 Å². The predicted octanol–water partition coefficient (Wildman–Crippen LogP) is 3.38. The van der Waals surface area contributed by atoms with Crippen molar-refractivity contribution in [1.29, 1.82) is 0 Å². The zero-order valence-electron chi connectivity index (χ0n) is 16.8. The van der Waals surface area contributed by atoms with E-state index in [4.69, 9.17) is 4.42 Å². The number of rotatable bonds is 7. The smallest absolute Gasteiger partial charge is 0.254 e. The Hall–Kier alpha value is -3.61. The van der Waals surface area contributed by atoms with Crippen molar-refractivity contribution < 1.29 is 14.0 Å². The van der Waals surface area contributed by atoms with Gasteiger partial charge in [-0.05, 0) is 43.2 Å². The molecule has 0 aliphatic carbocycles. The number of pyridine rings is 1. The second-order valence-electron chi connectivity index (χ2n) is 7.36. The van der Waals surface area contributed by atoms with Gasteiger partial charge in [-0.2, -0.15) is 0 Å². The van der Waals surface area contributed by atoms with Crippen molar-refractivity contribution in [3.05, 3.63) is 78.0 Å². The Morgan fingerprint density at radius 2 is 2.07 bits per heavy atom. The number of hydrogen-bond donors (Lipinski definition) is 2. The molecule has 2 N–H and O–H groups in total. The number of furan rings is 1. The van der Waals surface area contributed by atoms with Gasteiger partial charge in [0.05, 0.1) is 30.3 Å². The second-order valence-corrected chi connectivity index (χ2v) is 7.36. The maximum Gasteiger partial charge on any atom is 0.254 e. The van der Waals surface area contributed by atoms with Crippen LogP contribution < -0.4 is 15.5 Å². The third kappa shape index (κ3) is 4.35. The Balaban J connectivity index is 1.33. The molecule has 3 aromatic rings. The van der Waals surface area contributed by atoms with E-state index in [1.54, 1.807) is 30.6 Å². The van der Waals surface area contributed by atoms with Crippen molar-refractivity contribution in [2.24, 2.45) is 0 Å². The molecule has 0 fully saturated rings. The summed E-state index contributed by atoms with van der Waals surface area (Å²) in [7, 11) is 0. The van der Waals surface area contributed by atoms with Crippen LogP contribution in [0, 0.1) is 0 Å². The molecule has 1 aliphatic heterocycles. The SMILES string of the molecule is CC1Cc2ccccc2N1Cc1occc1C(=O)NCCC(=O)Nc1cccnc1. The van der Waals surface area contributed by atoms with Gasteiger partial charge in [0.1, 0.15) is 5.76 Å². The average molecular weight is 404 g/mol. The molecule has 7 heteroatoms. The number of hydrogen-bond acceptors (Lipinski definition) is 5. The Bertz CT molecular complexity index is 1030. The number of amides is 2. The van der Waals surface area contributed by atoms with Crippen molar-refractivity contribution in [3.8, 4) is 0 Å². The number of carbonyl (C=O) groups excluding carboxylic acids is 2. The number of aromatic nitrogens is 1. The van der Waals surface area contributed by atoms with Crippen LogP contribution in [-0.2, 0) is 17.8 Å². The third-order valence-electron chi connectivity index (χ3n) is 5.24. The molecule has 7 nitrogen and oxygen atoms in total. The van der Waals surface area contributed by atoms with Gasteiger partial charge in [-0.25, -0.2) is 0 Å². The van der Waals surface area contributed by atoms with E-state index in [-0.39, 0.29) is 24.8 Å². The lowest BCUT2D eigenvalue weighted by Crippen LogP contribution is -2.31. The molecule has 30 heavy (non-hydrogen) atoms. The first-order valence-corrected chi connectivity index (χ1v) is 10.0. The normalized spacial score (nSPS) is 15.0. The van der Waals surface area contributed by atoms with Gasteiger partial charge in [-0.15, -0.1) is 0 Å². The van der Waals surface area contributed by atoms with Crippen molar-refractivity contribution >= 4 is 23.2 Å². The van der Waals surface area contributed by atoms with Crippen molar-refractivity contribution in [2.75, 3.05) is 16.8 Å². The summed E-state index contributed by atoms with van der Waals surface area (Å²) in [6.45, 7) is 2.93. The minimum Gasteiger partial charge on any atom is -0.467 e. The van der Waals surface area contributed by atoms with E-state index in [2.05, 4.69) is 39.6 Å². The van der Waals surface area contributed by atoms with Gasteiger partial charge in [0.15, 0.2) is 0 Å². The summed E-state index contributed by atoms with van der Waals surface area (Å²) in [5.74, 6) is 0.196. The number of nitrogens with one attached hydrogen (secondary N) is 2. The molecule has 4 rings (SSSR count). The number of para-hydroxylation sites is 1. The summed E-state index contributed by atoms with van der Waals surface area (Å²) in [6, 6.07) is 13.8. The van der Waals surface area contributed by atoms with Crippen LogP contribution in [0.3, 0.4) is 0 Å². The van der Waals surface area contributed by atoms with Gasteiger partial charge in [-0.3, -0.25) is 14.6 Å². The predicted molar refractivity (Wildman–Crippen MR) is 114 cm³/mol. The zero-order chi connectivity index (χ0) is 20.9. The molecule has 0 radical (unpaired) electrons. The number of anilines is 2. The van der Waals surface area contributed by atoms with Crippen molar-refractivity contribution in [2.45, 2.75) is 32.4 Å². The molecule has 1 aliphatic rings. The number of nitrogens with zero attached hydrogens (tertiary/aromatic N) is 2. The lowest BCUT2D eigenvalue weighted by atomic mass is 10.1. The van der Waals surface area contributed by atoms with Crippen LogP contribution >= 0.6 is 0 Å². The van der Waals surface area contributed by atoms with Crippen LogP contribution in [0.4, 0.5) is 11.4 Å². The van der Waals surface area contributed by atoms with E-state index < -0.39 is 0 Å². The highest BCUT2D eigenvalue weighted by molar-refractivity contribution is 5.96. The van der Waals surface area contributed by atoms with Crippen molar-refractivity contribution in [1.82, 2.24) is 10.3 Å². The van der Waals surface area contributed by atoms with Gasteiger partial charge in [0.2, 0.25) is 5.91 Å². The molecule has 1 unspecified atom stereocenters. The quantitative estimate of drug-likeness (QED) is 0.630. The highest BCUT2D eigenvalue weighted by Gasteiger charge is 2.27. The van der Waals surface area contributed by atoms with Gasteiger partial charge in [0.25, 0.3) is 5.91 Å². The fourth-order valence-electron chi connectivity index (χ4n) is 3.74. The van der Waals surface area contributed by atoms with Crippen LogP contribution in [0.15, 0.2) is 65.5 Å². The average Bonchev–Trinajstić information content (AvgIpc) is 3.33. The maximum atomic E-state index is 12.6. The lowest BCUT2D eigenvalue weighted by Gasteiger charge is -2.24. The summed E-state index contributed by atoms with van der Waals surface area (Å²) in [5, 5.41) is 5.55. The first-order valence-electron chi connectivity index (χ1n) is 10.0. The molecule has 2 amide bonds. The molecule has 154 valence electrons. The molecule has 3 heterocycles. The molecular weight excluding hydrogens is 380 g/mol. The van der Waals surface area contributed by atoms with Crippen LogP contribution in [0.1, 0.15) is 35.0 Å². The summed E-state index contributed by atoms with van der Waals surface area (Å²) in [6.07, 6.45) is 5.90. The van der Waals surface area contributed by atoms with E-state index in [9.17, 15) is 9.59 Å². The number of carbonyl (C=O) groups is 2. The molecule has 2 aromatic heterocycles. The first kappa shape index (κ1) is 19.7. The number of fused-ring (bicyclic) bond motifs is 1. The third-order valence-corrected chi connectivity index (χ3v) is 5.24. The van der Waals surface area contributed by atoms with Crippen LogP contribution in [0.25, 0.3) is 0 Å². The molecule has 0 saturated heterocycles. The molecule has 0 saturated carbocycles. The van der Waals surface area contributed by atoms with Crippen LogP contribution in [-0.4, -0.2) is 29.4 Å². The molecular formula is C23H24N4O3. The Morgan fingerprint density at radius 1 is 1.20 bits per heavy atom. The molecule has 0 bridgehead atoms. The molecule has 0 spiro atoms. The van der Waals surface area contributed by atoms with Crippen LogP contribution in [0.2, 0.25) is 0 Å². The lowest BCUT2D eigenvalue weighted by molar-refractivity contribution is -0.116. The zero-order valence-corrected chi connectivity index (χ0v) is 16.8. The largest absolute Gasteiger partial charge is 0.467 e. The van der Waals surface area contributed by atoms with Gasteiger partial charge in [-0.1, -0.05) is 18.2 Å². The summed E-state index contributed by atoms with van der Waals surface area (Å²) < 4.78 is 5.63. The Kier molecular flexibility index (Phi) is 5.79. The summed E-state index contributed by atoms with van der Waals surface area (Å²) in [4.78, 5) is 30.9. The minimum absolute atomic E-state index is 0.171. The maximum absolute atomic E-state index is 12.6. The fraction of sp³-hybridized carbons (Fsp3) is 0.261. The Morgan fingerprint density at radius 3 is 2.90 bits per heavy atom. The highest BCUT2D eigenvalue weighted by Crippen LogP contribution is 2.33. The van der Waals surface area contributed by atoms with E-state index in [0.29, 0.717) is 29.6 Å². The second kappa shape index (κ2) is 8.82. The standard InChI is InChI=1S/C23H24N4O3/c1-16-13-17-5-2-3-7-20(17)27(16)15-21-19(9-12-30-21)23(29)25-11-8-22(28)26-18-6-4-10-24-14-18/h2-7,9-10,12,14,16H,8,11,13,15H2,1H3,(H,25,29)(H,26,28). The fourth-order valence-corrected chi connectivity index (χ4v) is 3.74. The first-order chi connectivity index (χ1) is 14.6. The number of benzene rings is 1. The molecule has 1 aromatic carbocycles.